The van der Waals surface area contributed by atoms with Gasteiger partial charge in [0.2, 0.25) is 5.91 Å². The van der Waals surface area contributed by atoms with Crippen molar-refractivity contribution in [2.24, 2.45) is 5.92 Å². The number of hydrogen-bond donors (Lipinski definition) is 1. The number of benzene rings is 1. The van der Waals surface area contributed by atoms with Gasteiger partial charge in [-0.05, 0) is 43.3 Å². The zero-order valence-electron chi connectivity index (χ0n) is 13.0. The molecule has 1 saturated heterocycles. The van der Waals surface area contributed by atoms with E-state index in [4.69, 9.17) is 0 Å². The number of nitrogens with one attached hydrogen (secondary N) is 1. The van der Waals surface area contributed by atoms with E-state index in [2.05, 4.69) is 36.5 Å². The van der Waals surface area contributed by atoms with E-state index in [-0.39, 0.29) is 18.3 Å². The lowest BCUT2D eigenvalue weighted by Crippen LogP contribution is -2.30. The van der Waals surface area contributed by atoms with Crippen LogP contribution in [0.2, 0.25) is 0 Å². The van der Waals surface area contributed by atoms with Crippen LogP contribution in [0.3, 0.4) is 0 Å². The Hall–Kier alpha value is -1.06. The monoisotopic (exact) mass is 310 g/mol. The summed E-state index contributed by atoms with van der Waals surface area (Å²) < 4.78 is 0. The van der Waals surface area contributed by atoms with Crippen LogP contribution in [-0.2, 0) is 4.79 Å². The van der Waals surface area contributed by atoms with Crippen molar-refractivity contribution in [2.75, 3.05) is 26.7 Å². The SMILES string of the molecule is CC(CN(C)C(=O)CCC1CCNC1)c1ccccc1.Cl. The fraction of sp³-hybridized carbons (Fsp3) is 0.588. The van der Waals surface area contributed by atoms with Crippen molar-refractivity contribution in [2.45, 2.75) is 32.1 Å². The van der Waals surface area contributed by atoms with Crippen molar-refractivity contribution in [1.29, 1.82) is 0 Å². The van der Waals surface area contributed by atoms with E-state index < -0.39 is 0 Å². The van der Waals surface area contributed by atoms with Gasteiger partial charge in [-0.25, -0.2) is 0 Å². The highest BCUT2D eigenvalue weighted by molar-refractivity contribution is 5.85. The zero-order valence-corrected chi connectivity index (χ0v) is 13.9. The molecule has 0 spiro atoms. The summed E-state index contributed by atoms with van der Waals surface area (Å²) in [5, 5.41) is 3.35. The molecule has 1 aliphatic rings. The number of amides is 1. The molecule has 0 aromatic heterocycles. The van der Waals surface area contributed by atoms with Gasteiger partial charge < -0.3 is 10.2 Å². The quantitative estimate of drug-likeness (QED) is 0.876. The van der Waals surface area contributed by atoms with Crippen molar-refractivity contribution >= 4 is 18.3 Å². The Bertz CT molecular complexity index is 418. The summed E-state index contributed by atoms with van der Waals surface area (Å²) in [4.78, 5) is 14.1. The maximum Gasteiger partial charge on any atom is 0.222 e. The minimum atomic E-state index is 0. The number of halogens is 1. The Labute approximate surface area is 134 Å². The minimum Gasteiger partial charge on any atom is -0.345 e. The summed E-state index contributed by atoms with van der Waals surface area (Å²) in [6.45, 7) is 5.17. The van der Waals surface area contributed by atoms with Crippen LogP contribution in [0.15, 0.2) is 30.3 Å². The molecule has 0 bridgehead atoms. The summed E-state index contributed by atoms with van der Waals surface area (Å²) in [5.74, 6) is 1.36. The Morgan fingerprint density at radius 3 is 2.71 bits per heavy atom. The van der Waals surface area contributed by atoms with Crippen LogP contribution in [-0.4, -0.2) is 37.5 Å². The predicted octanol–water partition coefficient (Wildman–Crippen LogP) is 3.06. The molecule has 3 nitrogen and oxygen atoms in total. The fourth-order valence-corrected chi connectivity index (χ4v) is 2.88. The molecular formula is C17H27ClN2O. The van der Waals surface area contributed by atoms with E-state index in [1.807, 2.05) is 18.0 Å². The molecule has 118 valence electrons. The first kappa shape index (κ1) is 18.0. The van der Waals surface area contributed by atoms with Crippen LogP contribution in [0, 0.1) is 5.92 Å². The molecule has 2 unspecified atom stereocenters. The third-order valence-electron chi connectivity index (χ3n) is 4.27. The smallest absolute Gasteiger partial charge is 0.222 e. The second-order valence-corrected chi connectivity index (χ2v) is 5.98. The second-order valence-electron chi connectivity index (χ2n) is 5.98. The first-order chi connectivity index (χ1) is 9.66. The van der Waals surface area contributed by atoms with Gasteiger partial charge >= 0.3 is 0 Å². The number of nitrogens with zero attached hydrogens (tertiary/aromatic N) is 1. The Kier molecular flexibility index (Phi) is 7.76. The molecule has 2 rings (SSSR count). The van der Waals surface area contributed by atoms with Crippen LogP contribution < -0.4 is 5.32 Å². The lowest BCUT2D eigenvalue weighted by molar-refractivity contribution is -0.130. The third kappa shape index (κ3) is 5.68. The van der Waals surface area contributed by atoms with Crippen LogP contribution in [0.1, 0.15) is 37.7 Å². The highest BCUT2D eigenvalue weighted by Gasteiger charge is 2.18. The van der Waals surface area contributed by atoms with Crippen molar-refractivity contribution < 1.29 is 4.79 Å². The Balaban J connectivity index is 0.00000220. The number of carbonyl (C=O) groups is 1. The third-order valence-corrected chi connectivity index (χ3v) is 4.27. The fourth-order valence-electron chi connectivity index (χ4n) is 2.88. The molecular weight excluding hydrogens is 284 g/mol. The molecule has 0 saturated carbocycles. The van der Waals surface area contributed by atoms with E-state index >= 15 is 0 Å². The number of likely N-dealkylation sites (N-methyl/N-ethyl adjacent to an activating group) is 1. The van der Waals surface area contributed by atoms with E-state index in [9.17, 15) is 4.79 Å². The summed E-state index contributed by atoms with van der Waals surface area (Å²) in [5.41, 5.74) is 1.30. The van der Waals surface area contributed by atoms with E-state index in [0.717, 1.165) is 26.1 Å². The Morgan fingerprint density at radius 2 is 2.10 bits per heavy atom. The van der Waals surface area contributed by atoms with Crippen LogP contribution >= 0.6 is 12.4 Å². The summed E-state index contributed by atoms with van der Waals surface area (Å²) >= 11 is 0. The van der Waals surface area contributed by atoms with Crippen molar-refractivity contribution in [3.63, 3.8) is 0 Å². The van der Waals surface area contributed by atoms with Crippen LogP contribution in [0.25, 0.3) is 0 Å². The van der Waals surface area contributed by atoms with Gasteiger partial charge in [-0.3, -0.25) is 4.79 Å². The number of hydrogen-bond acceptors (Lipinski definition) is 2. The normalized spacial score (nSPS) is 18.9. The Morgan fingerprint density at radius 1 is 1.38 bits per heavy atom. The average molecular weight is 311 g/mol. The van der Waals surface area contributed by atoms with Gasteiger partial charge in [0.25, 0.3) is 0 Å². The average Bonchev–Trinajstić information content (AvgIpc) is 2.98. The molecule has 0 aliphatic carbocycles. The van der Waals surface area contributed by atoms with E-state index in [1.54, 1.807) is 0 Å². The first-order valence-corrected chi connectivity index (χ1v) is 7.66. The van der Waals surface area contributed by atoms with E-state index in [0.29, 0.717) is 18.3 Å². The molecule has 1 aliphatic heterocycles. The molecule has 21 heavy (non-hydrogen) atoms. The first-order valence-electron chi connectivity index (χ1n) is 7.66. The maximum atomic E-state index is 12.2. The van der Waals surface area contributed by atoms with Crippen LogP contribution in [0.4, 0.5) is 0 Å². The molecule has 1 aromatic rings. The molecule has 4 heteroatoms. The van der Waals surface area contributed by atoms with Gasteiger partial charge in [0.15, 0.2) is 0 Å². The molecule has 1 heterocycles. The van der Waals surface area contributed by atoms with Gasteiger partial charge in [-0.2, -0.15) is 0 Å². The van der Waals surface area contributed by atoms with Gasteiger partial charge in [0.1, 0.15) is 0 Å². The molecule has 1 N–H and O–H groups in total. The topological polar surface area (TPSA) is 32.3 Å². The maximum absolute atomic E-state index is 12.2. The number of carbonyl (C=O) groups excluding carboxylic acids is 1. The van der Waals surface area contributed by atoms with Crippen LogP contribution in [0.5, 0.6) is 0 Å². The number of rotatable bonds is 6. The largest absolute Gasteiger partial charge is 0.345 e. The van der Waals surface area contributed by atoms with Crippen molar-refractivity contribution in [3.05, 3.63) is 35.9 Å². The second kappa shape index (κ2) is 9.06. The van der Waals surface area contributed by atoms with Crippen molar-refractivity contribution in [1.82, 2.24) is 10.2 Å². The van der Waals surface area contributed by atoms with Gasteiger partial charge in [0, 0.05) is 20.0 Å². The predicted molar refractivity (Wildman–Crippen MR) is 90.0 cm³/mol. The lowest BCUT2D eigenvalue weighted by atomic mass is 10.00. The highest BCUT2D eigenvalue weighted by atomic mass is 35.5. The zero-order chi connectivity index (χ0) is 14.4. The molecule has 1 amide bonds. The van der Waals surface area contributed by atoms with Gasteiger partial charge in [-0.15, -0.1) is 12.4 Å². The highest BCUT2D eigenvalue weighted by Crippen LogP contribution is 2.18. The van der Waals surface area contributed by atoms with Gasteiger partial charge in [-0.1, -0.05) is 37.3 Å². The van der Waals surface area contributed by atoms with Gasteiger partial charge in [0.05, 0.1) is 0 Å². The van der Waals surface area contributed by atoms with E-state index in [1.165, 1.54) is 12.0 Å². The summed E-state index contributed by atoms with van der Waals surface area (Å²) in [7, 11) is 1.93. The minimum absolute atomic E-state index is 0. The summed E-state index contributed by atoms with van der Waals surface area (Å²) in [6.07, 6.45) is 2.93. The lowest BCUT2D eigenvalue weighted by Gasteiger charge is -2.22. The standard InChI is InChI=1S/C17H26N2O.ClH/c1-14(16-6-4-3-5-7-16)13-19(2)17(20)9-8-15-10-11-18-12-15;/h3-7,14-15,18H,8-13H2,1-2H3;1H. The molecule has 2 atom stereocenters. The molecule has 1 aromatic carbocycles. The summed E-state index contributed by atoms with van der Waals surface area (Å²) in [6, 6.07) is 10.4. The molecule has 1 fully saturated rings. The van der Waals surface area contributed by atoms with Crippen molar-refractivity contribution in [3.8, 4) is 0 Å². The molecule has 0 radical (unpaired) electrons.